The largest absolute Gasteiger partial charge is 0.489 e. The first-order chi connectivity index (χ1) is 33.9. The van der Waals surface area contributed by atoms with Crippen LogP contribution < -0.4 is 9.64 Å². The van der Waals surface area contributed by atoms with Crippen molar-refractivity contribution in [3.05, 3.63) is 274 Å². The van der Waals surface area contributed by atoms with Crippen molar-refractivity contribution in [3.63, 3.8) is 0 Å². The first-order valence-electron chi connectivity index (χ1n) is 25.2. The summed E-state index contributed by atoms with van der Waals surface area (Å²) in [6.07, 6.45) is 4.80. The predicted molar refractivity (Wildman–Crippen MR) is 289 cm³/mol. The van der Waals surface area contributed by atoms with E-state index >= 15 is 0 Å². The van der Waals surface area contributed by atoms with Gasteiger partial charge in [0.2, 0.25) is 0 Å². The Balaban J connectivity index is 0.921. The van der Waals surface area contributed by atoms with Crippen molar-refractivity contribution in [3.8, 4) is 28.0 Å². The van der Waals surface area contributed by atoms with Crippen LogP contribution in [0.5, 0.6) is 5.75 Å². The number of aryl methyl sites for hydroxylation is 2. The predicted octanol–water partition coefficient (Wildman–Crippen LogP) is 17.7. The highest BCUT2D eigenvalue weighted by atomic mass is 16.5. The fourth-order valence-electron chi connectivity index (χ4n) is 11.3. The lowest BCUT2D eigenvalue weighted by molar-refractivity contribution is 0.306. The van der Waals surface area contributed by atoms with E-state index in [0.717, 1.165) is 35.7 Å². The van der Waals surface area contributed by atoms with Crippen molar-refractivity contribution >= 4 is 17.1 Å². The molecule has 0 aromatic heterocycles. The summed E-state index contributed by atoms with van der Waals surface area (Å²) in [6, 6.07) is 81.2. The molecule has 2 aliphatic rings. The molecule has 69 heavy (non-hydrogen) atoms. The molecular weight excluding hydrogens is 835 g/mol. The molecule has 2 aliphatic carbocycles. The molecule has 0 radical (unpaired) electrons. The van der Waals surface area contributed by atoms with Gasteiger partial charge in [-0.1, -0.05) is 198 Å². The maximum absolute atomic E-state index is 6.57. The third-order valence-corrected chi connectivity index (χ3v) is 15.3. The second-order valence-electron chi connectivity index (χ2n) is 19.7. The Hall–Kier alpha value is -7.42. The maximum Gasteiger partial charge on any atom is 0.119 e. The Morgan fingerprint density at radius 2 is 1.06 bits per heavy atom. The van der Waals surface area contributed by atoms with Gasteiger partial charge in [0.15, 0.2) is 0 Å². The van der Waals surface area contributed by atoms with E-state index in [1.807, 2.05) is 0 Å². The summed E-state index contributed by atoms with van der Waals surface area (Å²) in [5, 5.41) is 0. The molecule has 0 spiro atoms. The van der Waals surface area contributed by atoms with Crippen LogP contribution in [0.25, 0.3) is 22.3 Å². The third kappa shape index (κ3) is 8.37. The van der Waals surface area contributed by atoms with Crippen LogP contribution in [-0.4, -0.2) is 0 Å². The summed E-state index contributed by atoms with van der Waals surface area (Å²) in [7, 11) is 0. The summed E-state index contributed by atoms with van der Waals surface area (Å²) < 4.78 is 6.57. The van der Waals surface area contributed by atoms with Crippen molar-refractivity contribution in [2.75, 3.05) is 4.90 Å². The molecule has 3 unspecified atom stereocenters. The zero-order chi connectivity index (χ0) is 46.9. The van der Waals surface area contributed by atoms with Crippen LogP contribution in [0.15, 0.2) is 218 Å². The molecule has 9 aromatic carbocycles. The molecule has 0 saturated heterocycles. The van der Waals surface area contributed by atoms with Gasteiger partial charge in [-0.05, 0) is 170 Å². The fraction of sp³-hybridized carbons (Fsp3) is 0.194. The van der Waals surface area contributed by atoms with E-state index in [2.05, 4.69) is 251 Å². The van der Waals surface area contributed by atoms with Gasteiger partial charge in [-0.2, -0.15) is 0 Å². The molecule has 11 rings (SSSR count). The van der Waals surface area contributed by atoms with E-state index in [0.29, 0.717) is 24.4 Å². The van der Waals surface area contributed by atoms with E-state index in [9.17, 15) is 0 Å². The lowest BCUT2D eigenvalue weighted by Gasteiger charge is -2.35. The number of hydrogen-bond donors (Lipinski definition) is 0. The smallest absolute Gasteiger partial charge is 0.119 e. The Morgan fingerprint density at radius 1 is 0.478 bits per heavy atom. The van der Waals surface area contributed by atoms with Gasteiger partial charge in [-0.15, -0.1) is 0 Å². The molecule has 0 fully saturated rings. The highest BCUT2D eigenvalue weighted by molar-refractivity contribution is 5.89. The van der Waals surface area contributed by atoms with Gasteiger partial charge >= 0.3 is 0 Å². The highest BCUT2D eigenvalue weighted by Gasteiger charge is 2.46. The number of fused-ring (bicyclic) bond motifs is 4. The average Bonchev–Trinajstić information content (AvgIpc) is 3.69. The summed E-state index contributed by atoms with van der Waals surface area (Å²) in [5.41, 5.74) is 21.2. The molecule has 0 amide bonds. The van der Waals surface area contributed by atoms with Crippen LogP contribution in [0.3, 0.4) is 0 Å². The van der Waals surface area contributed by atoms with Gasteiger partial charge in [0.05, 0.1) is 5.41 Å². The normalized spacial score (nSPS) is 15.4. The van der Waals surface area contributed by atoms with Gasteiger partial charge < -0.3 is 9.64 Å². The molecule has 0 heterocycles. The monoisotopic (exact) mass is 895 g/mol. The Morgan fingerprint density at radius 3 is 1.72 bits per heavy atom. The van der Waals surface area contributed by atoms with Gasteiger partial charge in [0.25, 0.3) is 0 Å². The number of benzene rings is 9. The maximum atomic E-state index is 6.57. The van der Waals surface area contributed by atoms with Gasteiger partial charge in [0, 0.05) is 17.1 Å². The summed E-state index contributed by atoms with van der Waals surface area (Å²) >= 11 is 0. The van der Waals surface area contributed by atoms with Gasteiger partial charge in [0.1, 0.15) is 12.4 Å². The quantitative estimate of drug-likeness (QED) is 0.102. The van der Waals surface area contributed by atoms with E-state index in [4.69, 9.17) is 4.74 Å². The molecule has 9 aromatic rings. The van der Waals surface area contributed by atoms with Gasteiger partial charge in [-0.3, -0.25) is 0 Å². The lowest BCUT2D eigenvalue weighted by Crippen LogP contribution is -2.29. The van der Waals surface area contributed by atoms with Crippen molar-refractivity contribution in [2.45, 2.75) is 83.2 Å². The van der Waals surface area contributed by atoms with Crippen LogP contribution >= 0.6 is 0 Å². The minimum atomic E-state index is -0.583. The second-order valence-corrected chi connectivity index (χ2v) is 19.7. The molecule has 2 nitrogen and oxygen atoms in total. The molecule has 0 aliphatic heterocycles. The van der Waals surface area contributed by atoms with Crippen LogP contribution in [0.2, 0.25) is 0 Å². The van der Waals surface area contributed by atoms with Crippen molar-refractivity contribution in [1.29, 1.82) is 0 Å². The van der Waals surface area contributed by atoms with Gasteiger partial charge in [-0.25, -0.2) is 0 Å². The minimum Gasteiger partial charge on any atom is -0.489 e. The number of ether oxygens (including phenoxy) is 1. The standard InChI is InChI=1S/C67H61NO/c1-5-49(55-26-24-54-25-27-56(54)43-55)42-47(4)51-22-20-48(21-23-51)45-69-62-39-34-58(35-40-62)67(57-32-28-50(29-33-57)46(2)3)65-19-13-12-18-63(65)64-41-38-61(44-66(64)67)68(59-16-10-7-11-17-59)60-36-30-53(31-37-60)52-14-8-6-9-15-52/h6-24,26,28-41,43-44,46-47,49H,5,25,27,42,45H2,1-4H3. The van der Waals surface area contributed by atoms with E-state index in [-0.39, 0.29) is 0 Å². The topological polar surface area (TPSA) is 12.5 Å². The van der Waals surface area contributed by atoms with Crippen LogP contribution in [-0.2, 0) is 24.9 Å². The summed E-state index contributed by atoms with van der Waals surface area (Å²) in [4.78, 5) is 2.39. The number of anilines is 3. The Kier molecular flexibility index (Phi) is 12.1. The first-order valence-corrected chi connectivity index (χ1v) is 25.2. The molecule has 0 bridgehead atoms. The summed E-state index contributed by atoms with van der Waals surface area (Å²) in [5.74, 6) is 2.35. The SMILES string of the molecule is CCC(CC(C)c1ccc(COc2ccc(C3(c4ccc(C(C)C)cc4)c4ccccc4-c4ccc(N(c5ccccc5)c5ccc(-c6ccccc6)cc5)cc43)cc2)cc1)c1ccc2c(c1)CC2. The summed E-state index contributed by atoms with van der Waals surface area (Å²) in [6.45, 7) is 9.77. The zero-order valence-corrected chi connectivity index (χ0v) is 40.4. The van der Waals surface area contributed by atoms with Crippen molar-refractivity contribution < 1.29 is 4.74 Å². The molecule has 3 atom stereocenters. The average molecular weight is 896 g/mol. The van der Waals surface area contributed by atoms with Crippen LogP contribution in [0.4, 0.5) is 17.1 Å². The molecule has 0 N–H and O–H groups in total. The van der Waals surface area contributed by atoms with Crippen molar-refractivity contribution in [2.24, 2.45) is 0 Å². The third-order valence-electron chi connectivity index (χ3n) is 15.3. The zero-order valence-electron chi connectivity index (χ0n) is 40.4. The Bertz CT molecular complexity index is 3190. The van der Waals surface area contributed by atoms with Crippen LogP contribution in [0.1, 0.15) is 114 Å². The number of rotatable bonds is 15. The molecular formula is C67H61NO. The fourth-order valence-corrected chi connectivity index (χ4v) is 11.3. The van der Waals surface area contributed by atoms with E-state index in [1.165, 1.54) is 79.6 Å². The van der Waals surface area contributed by atoms with E-state index in [1.54, 1.807) is 11.1 Å². The second kappa shape index (κ2) is 18.9. The van der Waals surface area contributed by atoms with Crippen molar-refractivity contribution in [1.82, 2.24) is 0 Å². The first kappa shape index (κ1) is 44.1. The van der Waals surface area contributed by atoms with Crippen LogP contribution in [0, 0.1) is 0 Å². The molecule has 340 valence electrons. The number of nitrogens with zero attached hydrogens (tertiary/aromatic N) is 1. The lowest BCUT2D eigenvalue weighted by atomic mass is 9.67. The Labute approximate surface area is 409 Å². The van der Waals surface area contributed by atoms with E-state index < -0.39 is 5.41 Å². The molecule has 2 heteroatoms. The number of hydrogen-bond acceptors (Lipinski definition) is 2. The highest BCUT2D eigenvalue weighted by Crippen LogP contribution is 2.57. The molecule has 0 saturated carbocycles. The number of para-hydroxylation sites is 1. The minimum absolute atomic E-state index is 0.428.